The third-order valence-electron chi connectivity index (χ3n) is 1.68. The number of hydrogen-bond donors (Lipinski definition) is 0. The zero-order valence-corrected chi connectivity index (χ0v) is 11.6. The monoisotopic (exact) mass is 258 g/mol. The molecule has 0 aliphatic rings. The molecule has 0 saturated carbocycles. The Morgan fingerprint density at radius 1 is 1.11 bits per heavy atom. The van der Waals surface area contributed by atoms with Crippen LogP contribution in [0.3, 0.4) is 0 Å². The van der Waals surface area contributed by atoms with Crippen molar-refractivity contribution in [3.63, 3.8) is 0 Å². The average Bonchev–Trinajstić information content (AvgIpc) is 2.23. The molecule has 0 aliphatic carbocycles. The molecule has 0 spiro atoms. The second-order valence-electron chi connectivity index (χ2n) is 5.27. The van der Waals surface area contributed by atoms with E-state index in [0.717, 1.165) is 0 Å². The molecule has 5 nitrogen and oxygen atoms in total. The standard InChI is InChI=1S/C13H22O5/c1-10(2)12(15)18-7-11(14)6-16-9-17-8-13(3,4)5/h1,6-9H2,2-5H3. The van der Waals surface area contributed by atoms with E-state index in [9.17, 15) is 9.59 Å². The zero-order valence-electron chi connectivity index (χ0n) is 11.6. The molecule has 0 aromatic rings. The lowest BCUT2D eigenvalue weighted by atomic mass is 9.99. The fourth-order valence-electron chi connectivity index (χ4n) is 0.873. The summed E-state index contributed by atoms with van der Waals surface area (Å²) in [6.45, 7) is 11.2. The van der Waals surface area contributed by atoms with Gasteiger partial charge < -0.3 is 14.2 Å². The van der Waals surface area contributed by atoms with Gasteiger partial charge in [0.1, 0.15) is 13.4 Å². The molecule has 0 fully saturated rings. The van der Waals surface area contributed by atoms with E-state index in [0.29, 0.717) is 6.61 Å². The molecule has 104 valence electrons. The highest BCUT2D eigenvalue weighted by atomic mass is 16.7. The lowest BCUT2D eigenvalue weighted by Crippen LogP contribution is -2.21. The van der Waals surface area contributed by atoms with Crippen molar-refractivity contribution in [2.75, 3.05) is 26.6 Å². The second kappa shape index (κ2) is 8.00. The summed E-state index contributed by atoms with van der Waals surface area (Å²) in [5, 5.41) is 0. The van der Waals surface area contributed by atoms with Crippen molar-refractivity contribution >= 4 is 11.8 Å². The van der Waals surface area contributed by atoms with E-state index < -0.39 is 5.97 Å². The lowest BCUT2D eigenvalue weighted by molar-refractivity contribution is -0.147. The van der Waals surface area contributed by atoms with E-state index in [2.05, 4.69) is 11.3 Å². The maximum Gasteiger partial charge on any atom is 0.333 e. The highest BCUT2D eigenvalue weighted by molar-refractivity contribution is 5.90. The van der Waals surface area contributed by atoms with Gasteiger partial charge in [-0.25, -0.2) is 4.79 Å². The van der Waals surface area contributed by atoms with Gasteiger partial charge in [-0.05, 0) is 12.3 Å². The van der Waals surface area contributed by atoms with Gasteiger partial charge in [-0.3, -0.25) is 4.79 Å². The Hall–Kier alpha value is -1.20. The third-order valence-corrected chi connectivity index (χ3v) is 1.68. The van der Waals surface area contributed by atoms with E-state index in [1.165, 1.54) is 6.92 Å². The quantitative estimate of drug-likeness (QED) is 0.287. The van der Waals surface area contributed by atoms with E-state index in [-0.39, 0.29) is 36.8 Å². The molecule has 18 heavy (non-hydrogen) atoms. The first-order valence-electron chi connectivity index (χ1n) is 5.72. The molecule has 0 N–H and O–H groups in total. The fraction of sp³-hybridized carbons (Fsp3) is 0.692. The van der Waals surface area contributed by atoms with Gasteiger partial charge >= 0.3 is 5.97 Å². The highest BCUT2D eigenvalue weighted by Crippen LogP contribution is 2.12. The van der Waals surface area contributed by atoms with Gasteiger partial charge in [0, 0.05) is 5.57 Å². The molecular weight excluding hydrogens is 236 g/mol. The van der Waals surface area contributed by atoms with Crippen molar-refractivity contribution in [3.05, 3.63) is 12.2 Å². The number of carbonyl (C=O) groups is 2. The number of rotatable bonds is 8. The second-order valence-corrected chi connectivity index (χ2v) is 5.27. The van der Waals surface area contributed by atoms with Crippen LogP contribution in [0.4, 0.5) is 0 Å². The van der Waals surface area contributed by atoms with Gasteiger partial charge in [0.15, 0.2) is 12.4 Å². The van der Waals surface area contributed by atoms with Crippen LogP contribution >= 0.6 is 0 Å². The van der Waals surface area contributed by atoms with Gasteiger partial charge in [-0.2, -0.15) is 0 Å². The van der Waals surface area contributed by atoms with E-state index >= 15 is 0 Å². The maximum atomic E-state index is 11.2. The van der Waals surface area contributed by atoms with Crippen molar-refractivity contribution in [2.45, 2.75) is 27.7 Å². The van der Waals surface area contributed by atoms with Crippen LogP contribution < -0.4 is 0 Å². The summed E-state index contributed by atoms with van der Waals surface area (Å²) in [6.07, 6.45) is 0. The summed E-state index contributed by atoms with van der Waals surface area (Å²) in [4.78, 5) is 22.2. The van der Waals surface area contributed by atoms with Crippen LogP contribution in [0, 0.1) is 5.41 Å². The minimum absolute atomic E-state index is 0.0530. The normalized spacial score (nSPS) is 11.1. The van der Waals surface area contributed by atoms with Crippen LogP contribution in [0.5, 0.6) is 0 Å². The SMILES string of the molecule is C=C(C)C(=O)OCC(=O)COCOCC(C)(C)C. The van der Waals surface area contributed by atoms with Crippen LogP contribution in [0.1, 0.15) is 27.7 Å². The minimum atomic E-state index is -0.577. The molecule has 0 heterocycles. The van der Waals surface area contributed by atoms with Gasteiger partial charge in [0.25, 0.3) is 0 Å². The first-order valence-corrected chi connectivity index (χ1v) is 5.72. The van der Waals surface area contributed by atoms with Crippen LogP contribution in [-0.4, -0.2) is 38.4 Å². The van der Waals surface area contributed by atoms with E-state index in [1.807, 2.05) is 20.8 Å². The molecule has 5 heteroatoms. The fourth-order valence-corrected chi connectivity index (χ4v) is 0.873. The molecular formula is C13H22O5. The summed E-state index contributed by atoms with van der Waals surface area (Å²) in [5.74, 6) is -0.892. The topological polar surface area (TPSA) is 61.8 Å². The lowest BCUT2D eigenvalue weighted by Gasteiger charge is -2.17. The molecule has 0 aromatic heterocycles. The van der Waals surface area contributed by atoms with Gasteiger partial charge in [-0.1, -0.05) is 27.4 Å². The number of hydrogen-bond acceptors (Lipinski definition) is 5. The van der Waals surface area contributed by atoms with E-state index in [4.69, 9.17) is 9.47 Å². The summed E-state index contributed by atoms with van der Waals surface area (Å²) >= 11 is 0. The van der Waals surface area contributed by atoms with Gasteiger partial charge in [0.05, 0.1) is 6.61 Å². The molecule has 0 radical (unpaired) electrons. The molecule has 0 aliphatic heterocycles. The number of ether oxygens (including phenoxy) is 3. The molecule has 0 amide bonds. The smallest absolute Gasteiger partial charge is 0.333 e. The Morgan fingerprint density at radius 3 is 2.22 bits per heavy atom. The molecule has 0 unspecified atom stereocenters. The minimum Gasteiger partial charge on any atom is -0.454 e. The van der Waals surface area contributed by atoms with Crippen molar-refractivity contribution in [3.8, 4) is 0 Å². The summed E-state index contributed by atoms with van der Waals surface area (Å²) < 4.78 is 14.9. The van der Waals surface area contributed by atoms with Gasteiger partial charge in [-0.15, -0.1) is 0 Å². The van der Waals surface area contributed by atoms with Crippen LogP contribution in [-0.2, 0) is 23.8 Å². The Kier molecular flexibility index (Phi) is 7.47. The number of esters is 1. The molecule has 0 aromatic carbocycles. The Morgan fingerprint density at radius 2 is 1.72 bits per heavy atom. The summed E-state index contributed by atoms with van der Waals surface area (Å²) in [7, 11) is 0. The van der Waals surface area contributed by atoms with Gasteiger partial charge in [0.2, 0.25) is 0 Å². The molecule has 0 saturated heterocycles. The predicted molar refractivity (Wildman–Crippen MR) is 67.0 cm³/mol. The van der Waals surface area contributed by atoms with Crippen molar-refractivity contribution < 1.29 is 23.8 Å². The third kappa shape index (κ3) is 9.99. The Balaban J connectivity index is 3.55. The average molecular weight is 258 g/mol. The molecule has 0 bridgehead atoms. The summed E-state index contributed by atoms with van der Waals surface area (Å²) in [5.41, 5.74) is 0.321. The van der Waals surface area contributed by atoms with Crippen LogP contribution in [0.25, 0.3) is 0 Å². The molecule has 0 atom stereocenters. The van der Waals surface area contributed by atoms with Crippen LogP contribution in [0.2, 0.25) is 0 Å². The van der Waals surface area contributed by atoms with Crippen molar-refractivity contribution in [1.82, 2.24) is 0 Å². The number of Topliss-reactive ketones (excluding diaryl/α,β-unsaturated/α-hetero) is 1. The Bertz CT molecular complexity index is 301. The first kappa shape index (κ1) is 16.8. The van der Waals surface area contributed by atoms with Crippen molar-refractivity contribution in [1.29, 1.82) is 0 Å². The van der Waals surface area contributed by atoms with Crippen molar-refractivity contribution in [2.24, 2.45) is 5.41 Å². The number of carbonyl (C=O) groups excluding carboxylic acids is 2. The zero-order chi connectivity index (χ0) is 14.2. The largest absolute Gasteiger partial charge is 0.454 e. The van der Waals surface area contributed by atoms with E-state index in [1.54, 1.807) is 0 Å². The summed E-state index contributed by atoms with van der Waals surface area (Å²) in [6, 6.07) is 0. The molecule has 0 rings (SSSR count). The highest BCUT2D eigenvalue weighted by Gasteiger charge is 2.11. The first-order chi connectivity index (χ1) is 8.22. The van der Waals surface area contributed by atoms with Crippen LogP contribution in [0.15, 0.2) is 12.2 Å². The number of ketones is 1. The Labute approximate surface area is 108 Å². The maximum absolute atomic E-state index is 11.2. The predicted octanol–water partition coefficient (Wildman–Crippen LogP) is 1.71.